The van der Waals surface area contributed by atoms with Crippen LogP contribution in [0.3, 0.4) is 0 Å². The summed E-state index contributed by atoms with van der Waals surface area (Å²) in [6, 6.07) is 19.8. The number of nitro groups is 1. The topological polar surface area (TPSA) is 111 Å². The van der Waals surface area contributed by atoms with E-state index in [0.717, 1.165) is 24.0 Å². The Balaban J connectivity index is 1.90. The van der Waals surface area contributed by atoms with Crippen LogP contribution in [0.25, 0.3) is 0 Å². The van der Waals surface area contributed by atoms with Gasteiger partial charge in [0.2, 0.25) is 11.7 Å². The van der Waals surface area contributed by atoms with E-state index in [2.05, 4.69) is 5.32 Å². The molecule has 0 bridgehead atoms. The van der Waals surface area contributed by atoms with E-state index in [1.165, 1.54) is 30.2 Å². The van der Waals surface area contributed by atoms with E-state index in [0.29, 0.717) is 18.0 Å². The summed E-state index contributed by atoms with van der Waals surface area (Å²) in [4.78, 5) is 39.2. The number of hydrogen-bond acceptors (Lipinski definition) is 6. The van der Waals surface area contributed by atoms with E-state index < -0.39 is 23.5 Å². The average Bonchev–Trinajstić information content (AvgIpc) is 2.94. The number of unbranched alkanes of at least 4 members (excludes halogenated alkanes) is 1. The van der Waals surface area contributed by atoms with Crippen LogP contribution in [0.15, 0.2) is 72.8 Å². The second-order valence-corrected chi connectivity index (χ2v) is 9.32. The van der Waals surface area contributed by atoms with Crippen LogP contribution in [0.1, 0.15) is 30.9 Å². The van der Waals surface area contributed by atoms with Crippen LogP contribution >= 0.6 is 11.6 Å². The van der Waals surface area contributed by atoms with Gasteiger partial charge in [0.05, 0.1) is 12.0 Å². The Morgan fingerprint density at radius 3 is 2.46 bits per heavy atom. The number of nitro benzene ring substituents is 1. The number of amides is 2. The molecule has 2 amide bonds. The molecule has 0 aromatic heterocycles. The highest BCUT2D eigenvalue weighted by molar-refractivity contribution is 6.30. The van der Waals surface area contributed by atoms with Gasteiger partial charge < -0.3 is 19.7 Å². The minimum Gasteiger partial charge on any atom is -0.490 e. The molecule has 0 fully saturated rings. The van der Waals surface area contributed by atoms with E-state index in [1.807, 2.05) is 43.3 Å². The zero-order valence-corrected chi connectivity index (χ0v) is 22.7. The normalized spacial score (nSPS) is 11.4. The Hall–Kier alpha value is -4.11. The van der Waals surface area contributed by atoms with Crippen molar-refractivity contribution in [1.82, 2.24) is 10.2 Å². The third-order valence-electron chi connectivity index (χ3n) is 6.05. The number of nitrogens with zero attached hydrogens (tertiary/aromatic N) is 2. The molecule has 10 heteroatoms. The van der Waals surface area contributed by atoms with Crippen LogP contribution in [0.4, 0.5) is 5.69 Å². The molecule has 0 aliphatic heterocycles. The van der Waals surface area contributed by atoms with Crippen molar-refractivity contribution in [3.63, 3.8) is 0 Å². The molecular weight excluding hydrogens is 522 g/mol. The molecule has 0 spiro atoms. The number of ether oxygens (including phenoxy) is 2. The smallest absolute Gasteiger partial charge is 0.311 e. The molecule has 0 heterocycles. The Bertz CT molecular complexity index is 1270. The number of carbonyl (C=O) groups is 2. The second-order valence-electron chi connectivity index (χ2n) is 8.88. The SMILES string of the molecule is CCCCNC(=O)[C@H](Cc1ccccc1)N(Cc1cccc(Cl)c1)C(=O)COc1ccc([N+](=O)[O-])c(OC)c1. The van der Waals surface area contributed by atoms with Gasteiger partial charge in [-0.05, 0) is 35.7 Å². The van der Waals surface area contributed by atoms with Gasteiger partial charge in [-0.25, -0.2) is 0 Å². The molecule has 3 aromatic carbocycles. The molecule has 0 aliphatic carbocycles. The molecule has 1 atom stereocenters. The van der Waals surface area contributed by atoms with Crippen molar-refractivity contribution in [1.29, 1.82) is 0 Å². The summed E-state index contributed by atoms with van der Waals surface area (Å²) < 4.78 is 10.8. The van der Waals surface area contributed by atoms with E-state index >= 15 is 0 Å². The first-order valence-corrected chi connectivity index (χ1v) is 13.0. The molecule has 3 aromatic rings. The van der Waals surface area contributed by atoms with Gasteiger partial charge in [-0.15, -0.1) is 0 Å². The molecule has 0 saturated heterocycles. The molecule has 0 unspecified atom stereocenters. The van der Waals surface area contributed by atoms with Gasteiger partial charge >= 0.3 is 5.69 Å². The molecule has 9 nitrogen and oxygen atoms in total. The first-order valence-electron chi connectivity index (χ1n) is 12.6. The number of benzene rings is 3. The van der Waals surface area contributed by atoms with Crippen LogP contribution < -0.4 is 14.8 Å². The van der Waals surface area contributed by atoms with E-state index in [-0.39, 0.29) is 29.6 Å². The van der Waals surface area contributed by atoms with Crippen LogP contribution in [0, 0.1) is 10.1 Å². The summed E-state index contributed by atoms with van der Waals surface area (Å²) in [5, 5.41) is 14.7. The number of halogens is 1. The number of nitrogens with one attached hydrogen (secondary N) is 1. The van der Waals surface area contributed by atoms with Gasteiger partial charge in [0.25, 0.3) is 5.91 Å². The summed E-state index contributed by atoms with van der Waals surface area (Å²) in [7, 11) is 1.31. The largest absolute Gasteiger partial charge is 0.490 e. The van der Waals surface area contributed by atoms with Gasteiger partial charge in [-0.1, -0.05) is 67.4 Å². The lowest BCUT2D eigenvalue weighted by atomic mass is 10.0. The Morgan fingerprint density at radius 2 is 1.79 bits per heavy atom. The van der Waals surface area contributed by atoms with Crippen molar-refractivity contribution >= 4 is 29.1 Å². The second kappa shape index (κ2) is 14.7. The fourth-order valence-electron chi connectivity index (χ4n) is 4.02. The highest BCUT2D eigenvalue weighted by atomic mass is 35.5. The molecule has 3 rings (SSSR count). The fourth-order valence-corrected chi connectivity index (χ4v) is 4.23. The third kappa shape index (κ3) is 8.71. The molecule has 1 N–H and O–H groups in total. The average molecular weight is 554 g/mol. The lowest BCUT2D eigenvalue weighted by molar-refractivity contribution is -0.385. The summed E-state index contributed by atoms with van der Waals surface area (Å²) in [5.41, 5.74) is 1.44. The minimum atomic E-state index is -0.814. The van der Waals surface area contributed by atoms with Crippen LogP contribution in [0.5, 0.6) is 11.5 Å². The number of hydrogen-bond donors (Lipinski definition) is 1. The predicted molar refractivity (Wildman–Crippen MR) is 149 cm³/mol. The summed E-state index contributed by atoms with van der Waals surface area (Å²) in [5.74, 6) is -0.461. The molecule has 0 aliphatic rings. The van der Waals surface area contributed by atoms with E-state index in [4.69, 9.17) is 21.1 Å². The molecular formula is C29H32ClN3O6. The minimum absolute atomic E-state index is 0.0120. The lowest BCUT2D eigenvalue weighted by Crippen LogP contribution is -2.51. The Labute approximate surface area is 232 Å². The first kappa shape index (κ1) is 29.4. The maximum atomic E-state index is 13.7. The quantitative estimate of drug-likeness (QED) is 0.167. The Morgan fingerprint density at radius 1 is 1.05 bits per heavy atom. The lowest BCUT2D eigenvalue weighted by Gasteiger charge is -2.31. The highest BCUT2D eigenvalue weighted by Gasteiger charge is 2.30. The van der Waals surface area contributed by atoms with Gasteiger partial charge in [0, 0.05) is 36.7 Å². The zero-order valence-electron chi connectivity index (χ0n) is 22.0. The molecule has 206 valence electrons. The van der Waals surface area contributed by atoms with E-state index in [1.54, 1.807) is 18.2 Å². The monoisotopic (exact) mass is 553 g/mol. The predicted octanol–water partition coefficient (Wildman–Crippen LogP) is 5.19. The highest BCUT2D eigenvalue weighted by Crippen LogP contribution is 2.31. The van der Waals surface area contributed by atoms with Crippen molar-refractivity contribution in [2.45, 2.75) is 38.8 Å². The van der Waals surface area contributed by atoms with Gasteiger partial charge in [0.15, 0.2) is 6.61 Å². The summed E-state index contributed by atoms with van der Waals surface area (Å²) >= 11 is 6.20. The van der Waals surface area contributed by atoms with Gasteiger partial charge in [-0.3, -0.25) is 19.7 Å². The van der Waals surface area contributed by atoms with Crippen molar-refractivity contribution in [2.75, 3.05) is 20.3 Å². The summed E-state index contributed by atoms with van der Waals surface area (Å²) in [6.45, 7) is 2.27. The first-order chi connectivity index (χ1) is 18.8. The van der Waals surface area contributed by atoms with Gasteiger partial charge in [0.1, 0.15) is 11.8 Å². The Kier molecular flexibility index (Phi) is 11.1. The molecule has 39 heavy (non-hydrogen) atoms. The number of rotatable bonds is 14. The molecule has 0 saturated carbocycles. The van der Waals surface area contributed by atoms with Crippen LogP contribution in [-0.4, -0.2) is 47.9 Å². The van der Waals surface area contributed by atoms with Gasteiger partial charge in [-0.2, -0.15) is 0 Å². The maximum Gasteiger partial charge on any atom is 0.311 e. The number of methoxy groups -OCH3 is 1. The van der Waals surface area contributed by atoms with E-state index in [9.17, 15) is 19.7 Å². The van der Waals surface area contributed by atoms with Crippen molar-refractivity contribution in [3.05, 3.63) is 99.1 Å². The molecule has 0 radical (unpaired) electrons. The fraction of sp³-hybridized carbons (Fsp3) is 0.310. The van der Waals surface area contributed by atoms with Crippen molar-refractivity contribution in [3.8, 4) is 11.5 Å². The zero-order chi connectivity index (χ0) is 28.2. The number of carbonyl (C=O) groups excluding carboxylic acids is 2. The maximum absolute atomic E-state index is 13.7. The van der Waals surface area contributed by atoms with Crippen LogP contribution in [0.2, 0.25) is 5.02 Å². The standard InChI is InChI=1S/C29H32ClN3O6/c1-3-4-15-31-29(35)26(17-21-9-6-5-7-10-21)32(19-22-11-8-12-23(30)16-22)28(34)20-39-24-13-14-25(33(36)37)27(18-24)38-2/h5-14,16,18,26H,3-4,15,17,19-20H2,1-2H3,(H,31,35)/t26-/m0/s1. The van der Waals surface area contributed by atoms with Crippen LogP contribution in [-0.2, 0) is 22.6 Å². The third-order valence-corrected chi connectivity index (χ3v) is 6.29. The van der Waals surface area contributed by atoms with Crippen molar-refractivity contribution in [2.24, 2.45) is 0 Å². The van der Waals surface area contributed by atoms with Crippen molar-refractivity contribution < 1.29 is 24.0 Å². The summed E-state index contributed by atoms with van der Waals surface area (Å²) in [6.07, 6.45) is 2.04.